The lowest BCUT2D eigenvalue weighted by molar-refractivity contribution is 0.0955. The first-order valence-corrected chi connectivity index (χ1v) is 7.09. The van der Waals surface area contributed by atoms with Crippen LogP contribution in [-0.4, -0.2) is 29.5 Å². The van der Waals surface area contributed by atoms with Crippen molar-refractivity contribution in [3.05, 3.63) is 35.0 Å². The lowest BCUT2D eigenvalue weighted by Crippen LogP contribution is -2.23. The fourth-order valence-corrected chi connectivity index (χ4v) is 2.46. The Morgan fingerprint density at radius 2 is 2.30 bits per heavy atom. The molecule has 106 valence electrons. The number of pyridine rings is 1. The summed E-state index contributed by atoms with van der Waals surface area (Å²) in [7, 11) is 1.91. The highest BCUT2D eigenvalue weighted by atomic mass is 32.1. The molecule has 3 N–H and O–H groups in total. The molecule has 2 rings (SSSR count). The van der Waals surface area contributed by atoms with E-state index in [1.54, 1.807) is 6.20 Å². The maximum atomic E-state index is 12.1. The molecule has 0 bridgehead atoms. The van der Waals surface area contributed by atoms with Gasteiger partial charge in [0.1, 0.15) is 10.7 Å². The van der Waals surface area contributed by atoms with Gasteiger partial charge in [-0.3, -0.25) is 9.78 Å². The lowest BCUT2D eigenvalue weighted by atomic mass is 10.3. The van der Waals surface area contributed by atoms with Gasteiger partial charge >= 0.3 is 0 Å². The number of aromatic nitrogens is 2. The molecule has 0 aliphatic carbocycles. The molecule has 1 amide bonds. The van der Waals surface area contributed by atoms with Gasteiger partial charge in [0.15, 0.2) is 5.13 Å². The molecule has 0 atom stereocenters. The summed E-state index contributed by atoms with van der Waals surface area (Å²) in [5.74, 6) is 0.0465. The van der Waals surface area contributed by atoms with E-state index in [0.29, 0.717) is 11.4 Å². The number of thiazole rings is 1. The first-order chi connectivity index (χ1) is 9.61. The monoisotopic (exact) mass is 291 g/mol. The number of carbonyl (C=O) groups is 1. The average Bonchev–Trinajstić information content (AvgIpc) is 2.87. The SMILES string of the molecule is CCN(C)c1nc(N)c(C(=O)NCc2ccccn2)s1. The molecule has 0 saturated carbocycles. The largest absolute Gasteiger partial charge is 0.382 e. The third-order valence-electron chi connectivity index (χ3n) is 2.81. The summed E-state index contributed by atoms with van der Waals surface area (Å²) < 4.78 is 0. The van der Waals surface area contributed by atoms with Crippen molar-refractivity contribution >= 4 is 28.2 Å². The van der Waals surface area contributed by atoms with Crippen LogP contribution in [0.1, 0.15) is 22.3 Å². The summed E-state index contributed by atoms with van der Waals surface area (Å²) in [6.45, 7) is 3.19. The molecule has 2 aromatic rings. The van der Waals surface area contributed by atoms with Crippen molar-refractivity contribution in [2.75, 3.05) is 24.2 Å². The molecule has 6 nitrogen and oxygen atoms in total. The zero-order valence-corrected chi connectivity index (χ0v) is 12.3. The Labute approximate surface area is 121 Å². The Balaban J connectivity index is 2.04. The van der Waals surface area contributed by atoms with Crippen molar-refractivity contribution in [1.82, 2.24) is 15.3 Å². The van der Waals surface area contributed by atoms with E-state index in [1.165, 1.54) is 11.3 Å². The number of nitrogens with one attached hydrogen (secondary N) is 1. The lowest BCUT2D eigenvalue weighted by Gasteiger charge is -2.10. The first-order valence-electron chi connectivity index (χ1n) is 6.27. The van der Waals surface area contributed by atoms with Crippen LogP contribution in [0.25, 0.3) is 0 Å². The zero-order valence-electron chi connectivity index (χ0n) is 11.5. The summed E-state index contributed by atoms with van der Waals surface area (Å²) in [6.07, 6.45) is 1.69. The van der Waals surface area contributed by atoms with Gasteiger partial charge in [0.25, 0.3) is 5.91 Å². The van der Waals surface area contributed by atoms with Gasteiger partial charge in [-0.15, -0.1) is 0 Å². The zero-order chi connectivity index (χ0) is 14.5. The van der Waals surface area contributed by atoms with Gasteiger partial charge in [0.2, 0.25) is 0 Å². The van der Waals surface area contributed by atoms with E-state index in [1.807, 2.05) is 37.1 Å². The van der Waals surface area contributed by atoms with Crippen LogP contribution in [0.15, 0.2) is 24.4 Å². The third kappa shape index (κ3) is 3.24. The number of anilines is 2. The standard InChI is InChI=1S/C13H17N5OS/c1-3-18(2)13-17-11(14)10(20-13)12(19)16-8-9-6-4-5-7-15-9/h4-7H,3,8,14H2,1-2H3,(H,16,19). The molecule has 20 heavy (non-hydrogen) atoms. The molecule has 0 spiro atoms. The Morgan fingerprint density at radius 1 is 1.50 bits per heavy atom. The second-order valence-electron chi connectivity index (χ2n) is 4.23. The molecule has 2 heterocycles. The molecule has 0 aliphatic rings. The van der Waals surface area contributed by atoms with Crippen LogP contribution in [0.5, 0.6) is 0 Å². The quantitative estimate of drug-likeness (QED) is 0.872. The van der Waals surface area contributed by atoms with Gasteiger partial charge in [-0.05, 0) is 19.1 Å². The van der Waals surface area contributed by atoms with Crippen LogP contribution < -0.4 is 16.0 Å². The number of nitrogen functional groups attached to an aromatic ring is 1. The van der Waals surface area contributed by atoms with E-state index in [-0.39, 0.29) is 11.7 Å². The number of nitrogens with two attached hydrogens (primary N) is 1. The van der Waals surface area contributed by atoms with Crippen LogP contribution in [0.4, 0.5) is 10.9 Å². The number of carbonyl (C=O) groups excluding carboxylic acids is 1. The minimum atomic E-state index is -0.221. The summed E-state index contributed by atoms with van der Waals surface area (Å²) in [5, 5.41) is 3.54. The Hall–Kier alpha value is -2.15. The smallest absolute Gasteiger partial charge is 0.265 e. The number of hydrogen-bond acceptors (Lipinski definition) is 6. The van der Waals surface area contributed by atoms with E-state index >= 15 is 0 Å². The van der Waals surface area contributed by atoms with Crippen molar-refractivity contribution in [1.29, 1.82) is 0 Å². The van der Waals surface area contributed by atoms with Crippen LogP contribution in [0.3, 0.4) is 0 Å². The van der Waals surface area contributed by atoms with Gasteiger partial charge in [-0.1, -0.05) is 17.4 Å². The third-order valence-corrected chi connectivity index (χ3v) is 3.99. The summed E-state index contributed by atoms with van der Waals surface area (Å²) in [6, 6.07) is 5.57. The van der Waals surface area contributed by atoms with E-state index in [0.717, 1.165) is 17.4 Å². The van der Waals surface area contributed by atoms with E-state index in [4.69, 9.17) is 5.73 Å². The maximum Gasteiger partial charge on any atom is 0.265 e. The van der Waals surface area contributed by atoms with Crippen molar-refractivity contribution in [3.8, 4) is 0 Å². The molecule has 0 fully saturated rings. The first kappa shape index (κ1) is 14.3. The van der Waals surface area contributed by atoms with Crippen molar-refractivity contribution < 1.29 is 4.79 Å². The topological polar surface area (TPSA) is 84.1 Å². The summed E-state index contributed by atoms with van der Waals surface area (Å²) >= 11 is 1.29. The highest BCUT2D eigenvalue weighted by Gasteiger charge is 2.17. The van der Waals surface area contributed by atoms with Crippen molar-refractivity contribution in [3.63, 3.8) is 0 Å². The molecule has 0 aromatic carbocycles. The Bertz CT molecular complexity index is 584. The van der Waals surface area contributed by atoms with E-state index < -0.39 is 0 Å². The Morgan fingerprint density at radius 3 is 2.95 bits per heavy atom. The van der Waals surface area contributed by atoms with Crippen molar-refractivity contribution in [2.45, 2.75) is 13.5 Å². The van der Waals surface area contributed by atoms with Gasteiger partial charge < -0.3 is 16.0 Å². The second-order valence-corrected chi connectivity index (χ2v) is 5.21. The molecule has 7 heteroatoms. The molecule has 0 saturated heterocycles. The molecular formula is C13H17N5OS. The predicted octanol–water partition coefficient (Wildman–Crippen LogP) is 1.51. The molecular weight excluding hydrogens is 274 g/mol. The minimum absolute atomic E-state index is 0.221. The highest BCUT2D eigenvalue weighted by molar-refractivity contribution is 7.18. The second kappa shape index (κ2) is 6.33. The highest BCUT2D eigenvalue weighted by Crippen LogP contribution is 2.27. The number of nitrogens with zero attached hydrogens (tertiary/aromatic N) is 3. The average molecular weight is 291 g/mol. The predicted molar refractivity (Wildman–Crippen MR) is 80.9 cm³/mol. The fourth-order valence-electron chi connectivity index (χ4n) is 1.54. The van der Waals surface area contributed by atoms with Gasteiger partial charge in [-0.25, -0.2) is 4.98 Å². The van der Waals surface area contributed by atoms with Gasteiger partial charge in [-0.2, -0.15) is 0 Å². The van der Waals surface area contributed by atoms with Crippen LogP contribution >= 0.6 is 11.3 Å². The van der Waals surface area contributed by atoms with E-state index in [9.17, 15) is 4.79 Å². The fraction of sp³-hybridized carbons (Fsp3) is 0.308. The summed E-state index contributed by atoms with van der Waals surface area (Å²) in [4.78, 5) is 22.8. The Kier molecular flexibility index (Phi) is 4.52. The van der Waals surface area contributed by atoms with Gasteiger partial charge in [0.05, 0.1) is 12.2 Å². The normalized spacial score (nSPS) is 10.3. The molecule has 0 unspecified atom stereocenters. The van der Waals surface area contributed by atoms with Crippen LogP contribution in [0.2, 0.25) is 0 Å². The minimum Gasteiger partial charge on any atom is -0.382 e. The molecule has 0 radical (unpaired) electrons. The van der Waals surface area contributed by atoms with Gasteiger partial charge in [0, 0.05) is 19.8 Å². The van der Waals surface area contributed by atoms with E-state index in [2.05, 4.69) is 15.3 Å². The summed E-state index contributed by atoms with van der Waals surface area (Å²) in [5.41, 5.74) is 6.60. The maximum absolute atomic E-state index is 12.1. The van der Waals surface area contributed by atoms with Crippen LogP contribution in [0, 0.1) is 0 Å². The van der Waals surface area contributed by atoms with Crippen molar-refractivity contribution in [2.24, 2.45) is 0 Å². The van der Waals surface area contributed by atoms with Crippen LogP contribution in [-0.2, 0) is 6.54 Å². The molecule has 2 aromatic heterocycles. The number of hydrogen-bond donors (Lipinski definition) is 2. The number of amides is 1. The molecule has 0 aliphatic heterocycles. The number of rotatable bonds is 5.